The fourth-order valence-electron chi connectivity index (χ4n) is 2.33. The third-order valence-corrected chi connectivity index (χ3v) is 3.51. The third-order valence-electron chi connectivity index (χ3n) is 3.51. The first-order chi connectivity index (χ1) is 9.60. The van der Waals surface area contributed by atoms with E-state index in [1.165, 1.54) is 16.7 Å². The molecule has 2 rings (SSSR count). The van der Waals surface area contributed by atoms with Crippen molar-refractivity contribution in [3.63, 3.8) is 0 Å². The molecular weight excluding hydrogens is 244 g/mol. The molecule has 102 valence electrons. The standard InChI is InChI=1S/C19H20O/c1-4-15(3)18-12-14(2)11-16(13-18)9-10-17-7-5-6-8-19(17)20/h5-8,11-13,20H,1,9-10H2,2-3H3. The van der Waals surface area contributed by atoms with Crippen LogP contribution in [0.2, 0.25) is 0 Å². The first-order valence-corrected chi connectivity index (χ1v) is 6.84. The number of hydrogen-bond acceptors (Lipinski definition) is 1. The molecule has 0 bridgehead atoms. The lowest BCUT2D eigenvalue weighted by atomic mass is 9.97. The minimum Gasteiger partial charge on any atom is -0.508 e. The summed E-state index contributed by atoms with van der Waals surface area (Å²) in [5.74, 6) is 0.377. The molecule has 1 heteroatoms. The summed E-state index contributed by atoms with van der Waals surface area (Å²) >= 11 is 0. The lowest BCUT2D eigenvalue weighted by Gasteiger charge is -2.08. The molecule has 0 amide bonds. The monoisotopic (exact) mass is 264 g/mol. The number of phenols is 1. The molecular formula is C19H20O. The van der Waals surface area contributed by atoms with Crippen molar-refractivity contribution in [2.75, 3.05) is 0 Å². The molecule has 20 heavy (non-hydrogen) atoms. The van der Waals surface area contributed by atoms with Crippen molar-refractivity contribution < 1.29 is 5.11 Å². The lowest BCUT2D eigenvalue weighted by Crippen LogP contribution is -1.94. The van der Waals surface area contributed by atoms with E-state index in [9.17, 15) is 5.11 Å². The Morgan fingerprint density at radius 3 is 2.60 bits per heavy atom. The van der Waals surface area contributed by atoms with Gasteiger partial charge in [0.05, 0.1) is 0 Å². The van der Waals surface area contributed by atoms with Crippen LogP contribution in [-0.2, 0) is 12.8 Å². The van der Waals surface area contributed by atoms with Gasteiger partial charge in [-0.2, -0.15) is 0 Å². The normalized spacial score (nSPS) is 10.1. The van der Waals surface area contributed by atoms with E-state index in [4.69, 9.17) is 0 Å². The van der Waals surface area contributed by atoms with Gasteiger partial charge in [0.15, 0.2) is 0 Å². The molecule has 0 aliphatic rings. The van der Waals surface area contributed by atoms with Gasteiger partial charge < -0.3 is 5.11 Å². The van der Waals surface area contributed by atoms with Crippen LogP contribution in [0, 0.1) is 6.92 Å². The molecule has 0 heterocycles. The fraction of sp³-hybridized carbons (Fsp3) is 0.211. The Hall–Kier alpha value is -2.24. The maximum atomic E-state index is 9.80. The lowest BCUT2D eigenvalue weighted by molar-refractivity contribution is 0.468. The van der Waals surface area contributed by atoms with E-state index in [-0.39, 0.29) is 0 Å². The smallest absolute Gasteiger partial charge is 0.118 e. The highest BCUT2D eigenvalue weighted by atomic mass is 16.3. The van der Waals surface area contributed by atoms with Crippen LogP contribution in [0.1, 0.15) is 29.2 Å². The minimum atomic E-state index is 0.377. The van der Waals surface area contributed by atoms with Crippen LogP contribution in [0.15, 0.2) is 54.8 Å². The topological polar surface area (TPSA) is 20.2 Å². The maximum absolute atomic E-state index is 9.80. The molecule has 0 aromatic heterocycles. The molecule has 1 N–H and O–H groups in total. The predicted molar refractivity (Wildman–Crippen MR) is 84.9 cm³/mol. The van der Waals surface area contributed by atoms with Crippen LogP contribution in [0.5, 0.6) is 5.75 Å². The predicted octanol–water partition coefficient (Wildman–Crippen LogP) is 4.67. The molecule has 0 atom stereocenters. The van der Waals surface area contributed by atoms with Crippen LogP contribution in [-0.4, -0.2) is 5.11 Å². The quantitative estimate of drug-likeness (QED) is 0.795. The number of rotatable bonds is 4. The van der Waals surface area contributed by atoms with Crippen molar-refractivity contribution in [3.8, 4) is 5.75 Å². The molecule has 0 aliphatic heterocycles. The van der Waals surface area contributed by atoms with Gasteiger partial charge in [-0.1, -0.05) is 48.5 Å². The first kappa shape index (κ1) is 14.2. The first-order valence-electron chi connectivity index (χ1n) is 6.84. The average Bonchev–Trinajstić information content (AvgIpc) is 2.45. The zero-order chi connectivity index (χ0) is 14.5. The number of aromatic hydroxyl groups is 1. The van der Waals surface area contributed by atoms with E-state index < -0.39 is 0 Å². The summed E-state index contributed by atoms with van der Waals surface area (Å²) in [4.78, 5) is 0. The average molecular weight is 264 g/mol. The van der Waals surface area contributed by atoms with Crippen LogP contribution < -0.4 is 0 Å². The summed E-state index contributed by atoms with van der Waals surface area (Å²) in [6.45, 7) is 7.83. The summed E-state index contributed by atoms with van der Waals surface area (Å²) in [6, 6.07) is 14.0. The van der Waals surface area contributed by atoms with Crippen molar-refractivity contribution >= 4 is 5.57 Å². The van der Waals surface area contributed by atoms with Crippen LogP contribution in [0.25, 0.3) is 5.57 Å². The van der Waals surface area contributed by atoms with Gasteiger partial charge in [0, 0.05) is 0 Å². The largest absolute Gasteiger partial charge is 0.508 e. The van der Waals surface area contributed by atoms with E-state index in [1.807, 2.05) is 25.1 Å². The van der Waals surface area contributed by atoms with E-state index in [1.54, 1.807) is 6.07 Å². The van der Waals surface area contributed by atoms with Crippen molar-refractivity contribution in [2.24, 2.45) is 0 Å². The molecule has 0 spiro atoms. The van der Waals surface area contributed by atoms with Gasteiger partial charge in [0.2, 0.25) is 0 Å². The van der Waals surface area contributed by atoms with E-state index in [0.29, 0.717) is 5.75 Å². The summed E-state index contributed by atoms with van der Waals surface area (Å²) in [5.41, 5.74) is 8.69. The van der Waals surface area contributed by atoms with Crippen LogP contribution in [0.3, 0.4) is 0 Å². The van der Waals surface area contributed by atoms with E-state index in [2.05, 4.69) is 37.4 Å². The molecule has 1 nitrogen and oxygen atoms in total. The van der Waals surface area contributed by atoms with Crippen LogP contribution >= 0.6 is 0 Å². The summed E-state index contributed by atoms with van der Waals surface area (Å²) in [7, 11) is 0. The maximum Gasteiger partial charge on any atom is 0.118 e. The van der Waals surface area contributed by atoms with Gasteiger partial charge in [-0.25, -0.2) is 0 Å². The highest BCUT2D eigenvalue weighted by Crippen LogP contribution is 2.21. The third kappa shape index (κ3) is 3.40. The van der Waals surface area contributed by atoms with Gasteiger partial charge >= 0.3 is 0 Å². The van der Waals surface area contributed by atoms with Gasteiger partial charge in [-0.15, -0.1) is 5.73 Å². The molecule has 2 aromatic rings. The highest BCUT2D eigenvalue weighted by molar-refractivity contribution is 5.64. The molecule has 0 fully saturated rings. The number of aryl methyl sites for hydroxylation is 3. The second-order valence-corrected chi connectivity index (χ2v) is 5.14. The van der Waals surface area contributed by atoms with E-state index >= 15 is 0 Å². The fourth-order valence-corrected chi connectivity index (χ4v) is 2.33. The van der Waals surface area contributed by atoms with Gasteiger partial charge in [-0.3, -0.25) is 0 Å². The van der Waals surface area contributed by atoms with Gasteiger partial charge in [0.25, 0.3) is 0 Å². The zero-order valence-electron chi connectivity index (χ0n) is 12.1. The Kier molecular flexibility index (Phi) is 4.45. The number of hydrogen-bond donors (Lipinski definition) is 1. The SMILES string of the molecule is C=C=C(C)c1cc(C)cc(CCc2ccccc2O)c1. The Bertz CT molecular complexity index is 661. The Labute approximate surface area is 120 Å². The van der Waals surface area contributed by atoms with Crippen LogP contribution in [0.4, 0.5) is 0 Å². The molecule has 0 saturated carbocycles. The van der Waals surface area contributed by atoms with E-state index in [0.717, 1.165) is 24.0 Å². The van der Waals surface area contributed by atoms with Gasteiger partial charge in [-0.05, 0) is 55.0 Å². The summed E-state index contributed by atoms with van der Waals surface area (Å²) in [6.07, 6.45) is 1.75. The number of benzene rings is 2. The number of phenolic OH excluding ortho intramolecular Hbond substituents is 1. The second-order valence-electron chi connectivity index (χ2n) is 5.14. The molecule has 0 radical (unpaired) electrons. The Morgan fingerprint density at radius 2 is 1.90 bits per heavy atom. The van der Waals surface area contributed by atoms with Crippen molar-refractivity contribution in [2.45, 2.75) is 26.7 Å². The molecule has 0 unspecified atom stereocenters. The summed E-state index contributed by atoms with van der Waals surface area (Å²) in [5, 5.41) is 9.80. The second kappa shape index (κ2) is 6.27. The zero-order valence-corrected chi connectivity index (χ0v) is 12.1. The number of para-hydroxylation sites is 1. The highest BCUT2D eigenvalue weighted by Gasteiger charge is 2.03. The molecule has 2 aromatic carbocycles. The summed E-state index contributed by atoms with van der Waals surface area (Å²) < 4.78 is 0. The molecule has 0 aliphatic carbocycles. The van der Waals surface area contributed by atoms with Crippen molar-refractivity contribution in [3.05, 3.63) is 77.0 Å². The minimum absolute atomic E-state index is 0.377. The van der Waals surface area contributed by atoms with Crippen molar-refractivity contribution in [1.82, 2.24) is 0 Å². The van der Waals surface area contributed by atoms with Gasteiger partial charge in [0.1, 0.15) is 5.75 Å². The number of allylic oxidation sites excluding steroid dienone is 1. The molecule has 0 saturated heterocycles. The Morgan fingerprint density at radius 1 is 1.15 bits per heavy atom. The van der Waals surface area contributed by atoms with Crippen molar-refractivity contribution in [1.29, 1.82) is 0 Å². The Balaban J connectivity index is 2.20.